The molecule has 6 N–H and O–H groups in total. The Labute approximate surface area is 66.6 Å². The molecule has 5 heteroatoms. The van der Waals surface area contributed by atoms with Gasteiger partial charge in [0.15, 0.2) is 0 Å². The van der Waals surface area contributed by atoms with Gasteiger partial charge in [-0.15, -0.1) is 0 Å². The largest absolute Gasteiger partial charge is 0.377 e. The van der Waals surface area contributed by atoms with E-state index in [1.54, 1.807) is 14.0 Å². The highest BCUT2D eigenvalue weighted by Gasteiger charge is 2.09. The first-order valence-corrected chi connectivity index (χ1v) is 3.60. The lowest BCUT2D eigenvalue weighted by Crippen LogP contribution is -2.48. The third-order valence-electron chi connectivity index (χ3n) is 1.35. The zero-order chi connectivity index (χ0) is 8.85. The van der Waals surface area contributed by atoms with Crippen LogP contribution in [0.25, 0.3) is 0 Å². The molecule has 0 aromatic rings. The molecule has 0 aromatic carbocycles. The van der Waals surface area contributed by atoms with Crippen LogP contribution in [-0.4, -0.2) is 42.3 Å². The van der Waals surface area contributed by atoms with Crippen molar-refractivity contribution in [3.63, 3.8) is 0 Å². The summed E-state index contributed by atoms with van der Waals surface area (Å²) in [6, 6.07) is -0.334. The second-order valence-corrected chi connectivity index (χ2v) is 2.52. The van der Waals surface area contributed by atoms with Gasteiger partial charge in [-0.05, 0) is 14.0 Å². The van der Waals surface area contributed by atoms with Crippen LogP contribution >= 0.6 is 0 Å². The Hall–Kier alpha value is -0.200. The fourth-order valence-electron chi connectivity index (χ4n) is 0.520. The average Bonchev–Trinajstić information content (AvgIpc) is 1.99. The van der Waals surface area contributed by atoms with Crippen LogP contribution in [0.4, 0.5) is 0 Å². The molecule has 3 atom stereocenters. The predicted octanol–water partition coefficient (Wildman–Crippen LogP) is -2.22. The van der Waals surface area contributed by atoms with E-state index in [0.29, 0.717) is 0 Å². The highest BCUT2D eigenvalue weighted by Crippen LogP contribution is 1.83. The first-order valence-electron chi connectivity index (χ1n) is 3.60. The molecule has 0 amide bonds. The van der Waals surface area contributed by atoms with Crippen molar-refractivity contribution in [1.82, 2.24) is 10.6 Å². The molecule has 0 bridgehead atoms. The number of nitrogens with two attached hydrogens (primary N) is 1. The molecular weight excluding hydrogens is 146 g/mol. The lowest BCUT2D eigenvalue weighted by Gasteiger charge is -2.18. The van der Waals surface area contributed by atoms with Crippen LogP contribution in [0.2, 0.25) is 0 Å². The average molecular weight is 163 g/mol. The second-order valence-electron chi connectivity index (χ2n) is 2.52. The van der Waals surface area contributed by atoms with E-state index >= 15 is 0 Å². The monoisotopic (exact) mass is 163 g/mol. The number of nitrogens with one attached hydrogen (secondary N) is 2. The zero-order valence-electron chi connectivity index (χ0n) is 6.91. The van der Waals surface area contributed by atoms with Crippen LogP contribution < -0.4 is 16.4 Å². The second kappa shape index (κ2) is 5.45. The Bertz CT molecular complexity index is 99.8. The third-order valence-corrected chi connectivity index (χ3v) is 1.35. The number of likely N-dealkylation sites (N-methyl/N-ethyl adjacent to an activating group) is 1. The number of rotatable bonds is 5. The minimum absolute atomic E-state index is 0.277. The van der Waals surface area contributed by atoms with E-state index in [9.17, 15) is 0 Å². The Morgan fingerprint density at radius 2 is 2.00 bits per heavy atom. The molecule has 0 rings (SSSR count). The predicted molar refractivity (Wildman–Crippen MR) is 42.7 cm³/mol. The zero-order valence-corrected chi connectivity index (χ0v) is 6.91. The summed E-state index contributed by atoms with van der Waals surface area (Å²) in [6.45, 7) is 1.96. The van der Waals surface area contributed by atoms with E-state index in [2.05, 4.69) is 10.6 Å². The van der Waals surface area contributed by atoms with Gasteiger partial charge in [-0.25, -0.2) is 0 Å². The quantitative estimate of drug-likeness (QED) is 0.296. The van der Waals surface area contributed by atoms with Crippen molar-refractivity contribution in [1.29, 1.82) is 0 Å². The van der Waals surface area contributed by atoms with Crippen molar-refractivity contribution >= 4 is 0 Å². The molecular formula is C6H17N3O2. The van der Waals surface area contributed by atoms with E-state index < -0.39 is 12.5 Å². The lowest BCUT2D eigenvalue weighted by atomic mass is 10.3. The van der Waals surface area contributed by atoms with E-state index in [1.807, 2.05) is 0 Å². The maximum atomic E-state index is 9.10. The summed E-state index contributed by atoms with van der Waals surface area (Å²) in [5, 5.41) is 23.3. The molecule has 0 saturated carbocycles. The fraction of sp³-hybridized carbons (Fsp3) is 1.00. The summed E-state index contributed by atoms with van der Waals surface area (Å²) >= 11 is 0. The molecule has 3 unspecified atom stereocenters. The van der Waals surface area contributed by atoms with Gasteiger partial charge in [0.25, 0.3) is 0 Å². The maximum Gasteiger partial charge on any atom is 0.120 e. The Morgan fingerprint density at radius 3 is 2.36 bits per heavy atom. The number of hydrogen-bond donors (Lipinski definition) is 5. The van der Waals surface area contributed by atoms with Gasteiger partial charge >= 0.3 is 0 Å². The van der Waals surface area contributed by atoms with Crippen LogP contribution in [0.15, 0.2) is 0 Å². The summed E-state index contributed by atoms with van der Waals surface area (Å²) < 4.78 is 0. The van der Waals surface area contributed by atoms with E-state index in [-0.39, 0.29) is 12.6 Å². The van der Waals surface area contributed by atoms with Crippen LogP contribution in [0.1, 0.15) is 6.92 Å². The fourth-order valence-corrected chi connectivity index (χ4v) is 0.520. The van der Waals surface area contributed by atoms with Gasteiger partial charge in [-0.2, -0.15) is 0 Å². The summed E-state index contributed by atoms with van der Waals surface area (Å²) in [7, 11) is 1.63. The standard InChI is InChI=1S/C6H17N3O2/c1-4(7)6(11)9-3-5(10)8-2/h4-6,8-11H,3,7H2,1-2H3. The summed E-state index contributed by atoms with van der Waals surface area (Å²) in [5.41, 5.74) is 5.35. The van der Waals surface area contributed by atoms with Gasteiger partial charge in [0, 0.05) is 12.6 Å². The summed E-state index contributed by atoms with van der Waals surface area (Å²) in [4.78, 5) is 0. The normalized spacial score (nSPS) is 19.4. The minimum atomic E-state index is -0.766. The Balaban J connectivity index is 3.37. The molecule has 0 aliphatic rings. The molecule has 5 nitrogen and oxygen atoms in total. The van der Waals surface area contributed by atoms with Crippen LogP contribution in [0.3, 0.4) is 0 Å². The topological polar surface area (TPSA) is 90.5 Å². The van der Waals surface area contributed by atoms with Crippen molar-refractivity contribution in [3.8, 4) is 0 Å². The molecule has 0 saturated heterocycles. The van der Waals surface area contributed by atoms with Gasteiger partial charge in [-0.1, -0.05) is 0 Å². The van der Waals surface area contributed by atoms with Crippen molar-refractivity contribution in [3.05, 3.63) is 0 Å². The van der Waals surface area contributed by atoms with Crippen LogP contribution in [0.5, 0.6) is 0 Å². The lowest BCUT2D eigenvalue weighted by molar-refractivity contribution is 0.0786. The van der Waals surface area contributed by atoms with Gasteiger partial charge < -0.3 is 15.9 Å². The molecule has 0 spiro atoms. The van der Waals surface area contributed by atoms with Gasteiger partial charge in [0.05, 0.1) is 0 Å². The number of hydrogen-bond acceptors (Lipinski definition) is 5. The molecule has 0 fully saturated rings. The minimum Gasteiger partial charge on any atom is -0.377 e. The molecule has 0 aliphatic heterocycles. The molecule has 0 aromatic heterocycles. The smallest absolute Gasteiger partial charge is 0.120 e. The van der Waals surface area contributed by atoms with Crippen molar-refractivity contribution in [2.24, 2.45) is 5.73 Å². The van der Waals surface area contributed by atoms with Gasteiger partial charge in [-0.3, -0.25) is 10.6 Å². The van der Waals surface area contributed by atoms with Gasteiger partial charge in [0.1, 0.15) is 12.5 Å². The van der Waals surface area contributed by atoms with Crippen LogP contribution in [-0.2, 0) is 0 Å². The van der Waals surface area contributed by atoms with Crippen molar-refractivity contribution < 1.29 is 10.2 Å². The first-order chi connectivity index (χ1) is 5.07. The molecule has 0 radical (unpaired) electrons. The maximum absolute atomic E-state index is 9.10. The molecule has 11 heavy (non-hydrogen) atoms. The molecule has 68 valence electrons. The SMILES string of the molecule is CNC(O)CNC(O)C(C)N. The highest BCUT2D eigenvalue weighted by atomic mass is 16.3. The number of aliphatic hydroxyl groups is 2. The third kappa shape index (κ3) is 5.11. The van der Waals surface area contributed by atoms with Crippen molar-refractivity contribution in [2.45, 2.75) is 25.4 Å². The highest BCUT2D eigenvalue weighted by molar-refractivity contribution is 4.65. The van der Waals surface area contributed by atoms with E-state index in [1.165, 1.54) is 0 Å². The summed E-state index contributed by atoms with van der Waals surface area (Å²) in [6.07, 6.45) is -1.42. The Kier molecular flexibility index (Phi) is 5.35. The molecule has 0 aliphatic carbocycles. The van der Waals surface area contributed by atoms with E-state index in [4.69, 9.17) is 15.9 Å². The van der Waals surface area contributed by atoms with Gasteiger partial charge in [0.2, 0.25) is 0 Å². The molecule has 0 heterocycles. The first kappa shape index (κ1) is 10.8. The van der Waals surface area contributed by atoms with E-state index in [0.717, 1.165) is 0 Å². The van der Waals surface area contributed by atoms with Crippen molar-refractivity contribution in [2.75, 3.05) is 13.6 Å². The van der Waals surface area contributed by atoms with Crippen LogP contribution in [0, 0.1) is 0 Å². The number of aliphatic hydroxyl groups excluding tert-OH is 2. The summed E-state index contributed by atoms with van der Waals surface area (Å²) in [5.74, 6) is 0. The Morgan fingerprint density at radius 1 is 1.45 bits per heavy atom.